The monoisotopic (exact) mass is 562 g/mol. The molecule has 0 spiro atoms. The van der Waals surface area contributed by atoms with Gasteiger partial charge in [0.1, 0.15) is 0 Å². The van der Waals surface area contributed by atoms with Crippen LogP contribution >= 0.6 is 27.5 Å². The molecule has 3 amide bonds. The number of nitrogens with zero attached hydrogens (tertiary/aromatic N) is 2. The number of nitrogen functional groups attached to an aromatic ring is 1. The minimum atomic E-state index is -1.03. The third kappa shape index (κ3) is 5.90. The van der Waals surface area contributed by atoms with Crippen LogP contribution in [0.25, 0.3) is 0 Å². The van der Waals surface area contributed by atoms with Crippen molar-refractivity contribution in [2.24, 2.45) is 5.92 Å². The van der Waals surface area contributed by atoms with Crippen LogP contribution in [0.2, 0.25) is 5.02 Å². The molecule has 0 unspecified atom stereocenters. The van der Waals surface area contributed by atoms with Gasteiger partial charge in [0.25, 0.3) is 0 Å². The van der Waals surface area contributed by atoms with Crippen LogP contribution in [0.15, 0.2) is 40.9 Å². The molecule has 0 radical (unpaired) electrons. The standard InChI is InChI=1S/C25H28BrClN4O4/c26-19-12-15(13-20(27)23(19)28)11-17(24(33)34)14-22(32)30-8-6-18(7-9-30)31-10-5-16-3-1-2-4-21(16)29-25(31)35/h1-4,12-13,17-18H,5-11,14,28H2,(H,29,35)(H,33,34)/t17-/m0/s1. The first kappa shape index (κ1) is 25.3. The Morgan fingerprint density at radius 1 is 1.20 bits per heavy atom. The highest BCUT2D eigenvalue weighted by Crippen LogP contribution is 2.31. The van der Waals surface area contributed by atoms with Crippen molar-refractivity contribution in [3.63, 3.8) is 0 Å². The molecule has 0 aliphatic carbocycles. The number of para-hydroxylation sites is 1. The lowest BCUT2D eigenvalue weighted by Gasteiger charge is -2.38. The minimum absolute atomic E-state index is 0.0397. The van der Waals surface area contributed by atoms with Crippen molar-refractivity contribution in [1.82, 2.24) is 9.80 Å². The summed E-state index contributed by atoms with van der Waals surface area (Å²) in [5, 5.41) is 13.1. The number of amides is 3. The van der Waals surface area contributed by atoms with E-state index in [-0.39, 0.29) is 30.8 Å². The van der Waals surface area contributed by atoms with E-state index in [1.807, 2.05) is 29.2 Å². The fourth-order valence-corrected chi connectivity index (χ4v) is 5.65. The van der Waals surface area contributed by atoms with Gasteiger partial charge in [0, 0.05) is 42.3 Å². The third-order valence-electron chi connectivity index (χ3n) is 6.79. The second-order valence-corrected chi connectivity index (χ2v) is 10.3. The highest BCUT2D eigenvalue weighted by molar-refractivity contribution is 9.10. The quantitative estimate of drug-likeness (QED) is 0.451. The number of carboxylic acid groups (broad SMARTS) is 1. The Morgan fingerprint density at radius 2 is 1.91 bits per heavy atom. The molecule has 1 fully saturated rings. The van der Waals surface area contributed by atoms with Crippen LogP contribution in [0.3, 0.4) is 0 Å². The number of urea groups is 1. The van der Waals surface area contributed by atoms with Gasteiger partial charge in [0.15, 0.2) is 0 Å². The lowest BCUT2D eigenvalue weighted by atomic mass is 9.94. The van der Waals surface area contributed by atoms with Crippen LogP contribution in [0.1, 0.15) is 30.4 Å². The molecule has 2 aliphatic rings. The number of piperidine rings is 1. The lowest BCUT2D eigenvalue weighted by Crippen LogP contribution is -2.50. The second-order valence-electron chi connectivity index (χ2n) is 9.06. The number of hydrogen-bond donors (Lipinski definition) is 3. The van der Waals surface area contributed by atoms with Crippen LogP contribution in [0.4, 0.5) is 16.2 Å². The van der Waals surface area contributed by atoms with E-state index in [9.17, 15) is 19.5 Å². The van der Waals surface area contributed by atoms with Crippen LogP contribution in [0.5, 0.6) is 0 Å². The molecule has 4 N–H and O–H groups in total. The summed E-state index contributed by atoms with van der Waals surface area (Å²) in [4.78, 5) is 41.2. The molecule has 1 saturated heterocycles. The molecule has 4 rings (SSSR count). The zero-order chi connectivity index (χ0) is 25.1. The summed E-state index contributed by atoms with van der Waals surface area (Å²) in [6.45, 7) is 1.61. The van der Waals surface area contributed by atoms with E-state index in [4.69, 9.17) is 17.3 Å². The number of aliphatic carboxylic acids is 1. The van der Waals surface area contributed by atoms with Crippen LogP contribution < -0.4 is 11.1 Å². The summed E-state index contributed by atoms with van der Waals surface area (Å²) in [5.74, 6) is -2.09. The number of carboxylic acids is 1. The molecule has 2 aromatic rings. The molecule has 0 bridgehead atoms. The molecule has 0 aromatic heterocycles. The summed E-state index contributed by atoms with van der Waals surface area (Å²) in [6.07, 6.45) is 2.17. The van der Waals surface area contributed by atoms with Gasteiger partial charge in [-0.1, -0.05) is 29.8 Å². The molecule has 0 saturated carbocycles. The van der Waals surface area contributed by atoms with Gasteiger partial charge in [-0.05, 0) is 70.9 Å². The van der Waals surface area contributed by atoms with Gasteiger partial charge >= 0.3 is 12.0 Å². The molecule has 186 valence electrons. The minimum Gasteiger partial charge on any atom is -0.481 e. The van der Waals surface area contributed by atoms with Gasteiger partial charge < -0.3 is 26.0 Å². The number of anilines is 2. The van der Waals surface area contributed by atoms with Crippen LogP contribution in [-0.4, -0.2) is 58.5 Å². The average Bonchev–Trinajstić information content (AvgIpc) is 3.00. The Morgan fingerprint density at radius 3 is 2.60 bits per heavy atom. The molecule has 2 aliphatic heterocycles. The number of carbonyl (C=O) groups excluding carboxylic acids is 2. The maximum Gasteiger partial charge on any atom is 0.322 e. The van der Waals surface area contributed by atoms with Crippen LogP contribution in [0, 0.1) is 5.92 Å². The van der Waals surface area contributed by atoms with Gasteiger partial charge in [-0.25, -0.2) is 4.79 Å². The van der Waals surface area contributed by atoms with Gasteiger partial charge in [-0.15, -0.1) is 0 Å². The summed E-state index contributed by atoms with van der Waals surface area (Å²) in [7, 11) is 0. The van der Waals surface area contributed by atoms with Crippen molar-refractivity contribution in [3.05, 3.63) is 57.0 Å². The Kier molecular flexibility index (Phi) is 7.86. The number of likely N-dealkylation sites (tertiary alicyclic amines) is 1. The predicted octanol–water partition coefficient (Wildman–Crippen LogP) is 4.40. The van der Waals surface area contributed by atoms with Gasteiger partial charge in [-0.3, -0.25) is 9.59 Å². The Bertz CT molecular complexity index is 1110. The number of nitrogens with one attached hydrogen (secondary N) is 1. The zero-order valence-corrected chi connectivity index (χ0v) is 21.5. The lowest BCUT2D eigenvalue weighted by molar-refractivity contribution is -0.146. The van der Waals surface area contributed by atoms with E-state index in [0.29, 0.717) is 53.2 Å². The maximum absolute atomic E-state index is 13.0. The first-order chi connectivity index (χ1) is 16.7. The Hall–Kier alpha value is -2.78. The number of nitrogens with two attached hydrogens (primary N) is 1. The molecule has 10 heteroatoms. The molecular formula is C25H28BrClN4O4. The highest BCUT2D eigenvalue weighted by atomic mass is 79.9. The van der Waals surface area contributed by atoms with E-state index >= 15 is 0 Å². The summed E-state index contributed by atoms with van der Waals surface area (Å²) in [5.41, 5.74) is 8.89. The number of benzene rings is 2. The van der Waals surface area contributed by atoms with Gasteiger partial charge in [-0.2, -0.15) is 0 Å². The SMILES string of the molecule is Nc1c(Cl)cc(C[C@@H](CC(=O)N2CCC(N3CCc4ccccc4NC3=O)CC2)C(=O)O)cc1Br. The van der Waals surface area contributed by atoms with E-state index in [1.54, 1.807) is 17.0 Å². The topological polar surface area (TPSA) is 116 Å². The van der Waals surface area contributed by atoms with Gasteiger partial charge in [0.05, 0.1) is 16.6 Å². The number of rotatable bonds is 6. The predicted molar refractivity (Wildman–Crippen MR) is 138 cm³/mol. The summed E-state index contributed by atoms with van der Waals surface area (Å²) < 4.78 is 0.596. The van der Waals surface area contributed by atoms with E-state index in [0.717, 1.165) is 17.7 Å². The number of hydrogen-bond acceptors (Lipinski definition) is 4. The van der Waals surface area contributed by atoms with Crippen molar-refractivity contribution in [1.29, 1.82) is 0 Å². The first-order valence-electron chi connectivity index (χ1n) is 11.6. The summed E-state index contributed by atoms with van der Waals surface area (Å²) in [6, 6.07) is 11.1. The van der Waals surface area contributed by atoms with Crippen molar-refractivity contribution in [2.75, 3.05) is 30.7 Å². The fraction of sp³-hybridized carbons (Fsp3) is 0.400. The first-order valence-corrected chi connectivity index (χ1v) is 12.8. The number of fused-ring (bicyclic) bond motifs is 1. The number of carbonyl (C=O) groups is 3. The molecule has 8 nitrogen and oxygen atoms in total. The zero-order valence-electron chi connectivity index (χ0n) is 19.2. The van der Waals surface area contributed by atoms with E-state index < -0.39 is 11.9 Å². The second kappa shape index (κ2) is 10.9. The molecule has 2 aromatic carbocycles. The number of halogens is 2. The summed E-state index contributed by atoms with van der Waals surface area (Å²) >= 11 is 9.45. The normalized spacial score (nSPS) is 17.4. The van der Waals surface area contributed by atoms with Crippen molar-refractivity contribution in [2.45, 2.75) is 38.1 Å². The Labute approximate surface area is 217 Å². The third-order valence-corrected chi connectivity index (χ3v) is 7.76. The van der Waals surface area contributed by atoms with Crippen LogP contribution in [-0.2, 0) is 22.4 Å². The molecular weight excluding hydrogens is 536 g/mol. The van der Waals surface area contributed by atoms with Crippen molar-refractivity contribution in [3.8, 4) is 0 Å². The highest BCUT2D eigenvalue weighted by Gasteiger charge is 2.32. The Balaban J connectivity index is 1.33. The van der Waals surface area contributed by atoms with Crippen molar-refractivity contribution < 1.29 is 19.5 Å². The fourth-order valence-electron chi connectivity index (χ4n) is 4.79. The maximum atomic E-state index is 13.0. The van der Waals surface area contributed by atoms with E-state index in [1.165, 1.54) is 0 Å². The molecule has 2 heterocycles. The van der Waals surface area contributed by atoms with Gasteiger partial charge in [0.2, 0.25) is 5.91 Å². The van der Waals surface area contributed by atoms with E-state index in [2.05, 4.69) is 21.2 Å². The largest absolute Gasteiger partial charge is 0.481 e. The molecule has 35 heavy (non-hydrogen) atoms. The smallest absolute Gasteiger partial charge is 0.322 e. The van der Waals surface area contributed by atoms with Crippen molar-refractivity contribution >= 4 is 56.8 Å². The molecule has 1 atom stereocenters. The average molecular weight is 564 g/mol.